The molecule has 1 aromatic heterocycles. The number of halogens is 1. The number of pyridine rings is 1. The van der Waals surface area contributed by atoms with E-state index in [0.717, 1.165) is 24.0 Å². The summed E-state index contributed by atoms with van der Waals surface area (Å²) >= 11 is 3.26. The van der Waals surface area contributed by atoms with Crippen LogP contribution in [0.1, 0.15) is 32.4 Å². The zero-order valence-corrected chi connectivity index (χ0v) is 16.1. The molecule has 1 atom stereocenters. The van der Waals surface area contributed by atoms with Gasteiger partial charge in [-0.25, -0.2) is 4.98 Å². The molecule has 1 aromatic rings. The molecule has 1 heterocycles. The minimum absolute atomic E-state index is 0.0195. The first-order chi connectivity index (χ1) is 12.0. The van der Waals surface area contributed by atoms with Gasteiger partial charge in [0, 0.05) is 0 Å². The Labute approximate surface area is 157 Å². The lowest BCUT2D eigenvalue weighted by molar-refractivity contribution is -0.117. The number of nitriles is 1. The number of carbonyl (C=O) groups excluding carboxylic acids is 1. The van der Waals surface area contributed by atoms with Crippen LogP contribution >= 0.6 is 15.9 Å². The minimum Gasteiger partial charge on any atom is -0.345 e. The Kier molecular flexibility index (Phi) is 8.59. The highest BCUT2D eigenvalue weighted by atomic mass is 79.9. The fourth-order valence-electron chi connectivity index (χ4n) is 2.41. The number of hydrogen-bond donors (Lipinski definition) is 1. The highest BCUT2D eigenvalue weighted by Gasteiger charge is 2.26. The van der Waals surface area contributed by atoms with E-state index in [9.17, 15) is 10.1 Å². The second kappa shape index (κ2) is 10.4. The lowest BCUT2D eigenvalue weighted by atomic mass is 10.1. The number of amides is 1. The highest BCUT2D eigenvalue weighted by molar-refractivity contribution is 9.10. The molecule has 0 aromatic carbocycles. The van der Waals surface area contributed by atoms with Crippen molar-refractivity contribution in [2.45, 2.75) is 32.7 Å². The van der Waals surface area contributed by atoms with Crippen molar-refractivity contribution in [1.29, 1.82) is 5.26 Å². The van der Waals surface area contributed by atoms with E-state index >= 15 is 0 Å². The summed E-state index contributed by atoms with van der Waals surface area (Å²) in [6.07, 6.45) is 6.60. The Hall–Kier alpha value is -2.45. The third-order valence-corrected chi connectivity index (χ3v) is 3.96. The first kappa shape index (κ1) is 20.6. The first-order valence-corrected chi connectivity index (χ1v) is 8.90. The molecule has 0 spiro atoms. The fraction of sp³-hybridized carbons (Fsp3) is 0.250. The average molecular weight is 400 g/mol. The maximum atomic E-state index is 12.4. The van der Waals surface area contributed by atoms with Gasteiger partial charge in [0.05, 0.1) is 11.7 Å². The van der Waals surface area contributed by atoms with E-state index in [1.807, 2.05) is 26.0 Å². The van der Waals surface area contributed by atoms with E-state index in [1.54, 1.807) is 24.3 Å². The van der Waals surface area contributed by atoms with Crippen LogP contribution in [-0.4, -0.2) is 16.9 Å². The maximum absolute atomic E-state index is 12.4. The van der Waals surface area contributed by atoms with Gasteiger partial charge >= 0.3 is 0 Å². The zero-order chi connectivity index (χ0) is 18.8. The second-order valence-electron chi connectivity index (χ2n) is 5.08. The van der Waals surface area contributed by atoms with E-state index in [2.05, 4.69) is 39.4 Å². The quantitative estimate of drug-likeness (QED) is 0.452. The molecule has 1 aliphatic rings. The van der Waals surface area contributed by atoms with Crippen LogP contribution in [0.3, 0.4) is 0 Å². The van der Waals surface area contributed by atoms with Gasteiger partial charge in [0.2, 0.25) is 0 Å². The van der Waals surface area contributed by atoms with Crippen molar-refractivity contribution in [1.82, 2.24) is 10.3 Å². The summed E-state index contributed by atoms with van der Waals surface area (Å²) in [6.45, 7) is 11.7. The molecule has 4 nitrogen and oxygen atoms in total. The number of aromatic nitrogens is 1. The molecule has 1 unspecified atom stereocenters. The van der Waals surface area contributed by atoms with Crippen molar-refractivity contribution in [3.63, 3.8) is 0 Å². The molecule has 1 aliphatic carbocycles. The number of nitrogens with zero attached hydrogens (tertiary/aromatic N) is 2. The summed E-state index contributed by atoms with van der Waals surface area (Å²) in [6, 6.07) is 7.10. The van der Waals surface area contributed by atoms with Crippen molar-refractivity contribution in [2.24, 2.45) is 0 Å². The predicted molar refractivity (Wildman–Crippen MR) is 105 cm³/mol. The van der Waals surface area contributed by atoms with E-state index < -0.39 is 5.91 Å². The van der Waals surface area contributed by atoms with E-state index in [4.69, 9.17) is 0 Å². The van der Waals surface area contributed by atoms with Gasteiger partial charge in [-0.1, -0.05) is 45.2 Å². The largest absolute Gasteiger partial charge is 0.345 e. The van der Waals surface area contributed by atoms with Crippen LogP contribution < -0.4 is 5.32 Å². The fourth-order valence-corrected chi connectivity index (χ4v) is 2.77. The summed E-state index contributed by atoms with van der Waals surface area (Å²) < 4.78 is 0.646. The SMILES string of the molecule is C=C/C=C1\C(=C)CCC1NC(=O)/C(C#N)=C/c1cccc(Br)n1.CC. The van der Waals surface area contributed by atoms with Gasteiger partial charge in [0.15, 0.2) is 0 Å². The second-order valence-corrected chi connectivity index (χ2v) is 5.89. The molecule has 0 radical (unpaired) electrons. The summed E-state index contributed by atoms with van der Waals surface area (Å²) in [5.41, 5.74) is 2.52. The van der Waals surface area contributed by atoms with Crippen LogP contribution in [0.4, 0.5) is 0 Å². The van der Waals surface area contributed by atoms with Gasteiger partial charge in [-0.15, -0.1) is 0 Å². The number of carbonyl (C=O) groups is 1. The molecule has 1 amide bonds. The van der Waals surface area contributed by atoms with Crippen molar-refractivity contribution in [3.05, 3.63) is 70.5 Å². The number of hydrogen-bond acceptors (Lipinski definition) is 3. The molecule has 1 N–H and O–H groups in total. The van der Waals surface area contributed by atoms with Crippen LogP contribution in [-0.2, 0) is 4.79 Å². The van der Waals surface area contributed by atoms with Gasteiger partial charge in [-0.2, -0.15) is 5.26 Å². The molecule has 0 aliphatic heterocycles. The van der Waals surface area contributed by atoms with Crippen LogP contribution in [0.15, 0.2) is 64.8 Å². The standard InChI is InChI=1S/C18H16BrN3O.C2H6/c1-3-5-15-12(2)8-9-16(15)22-18(23)13(11-20)10-14-6-4-7-17(19)21-14;1-2/h3-7,10,16H,1-2,8-9H2,(H,22,23);1-2H3/b13-10+,15-5+;. The van der Waals surface area contributed by atoms with Gasteiger partial charge < -0.3 is 5.32 Å². The van der Waals surface area contributed by atoms with Gasteiger partial charge in [0.25, 0.3) is 5.91 Å². The molecule has 25 heavy (non-hydrogen) atoms. The summed E-state index contributed by atoms with van der Waals surface area (Å²) in [4.78, 5) is 16.6. The molecular weight excluding hydrogens is 378 g/mol. The van der Waals surface area contributed by atoms with E-state index in [1.165, 1.54) is 6.08 Å². The average Bonchev–Trinajstić information content (AvgIpc) is 2.95. The number of allylic oxidation sites excluding steroid dienone is 2. The van der Waals surface area contributed by atoms with Gasteiger partial charge in [-0.05, 0) is 58.1 Å². The zero-order valence-electron chi connectivity index (χ0n) is 14.6. The molecule has 1 saturated carbocycles. The van der Waals surface area contributed by atoms with Crippen molar-refractivity contribution in [2.75, 3.05) is 0 Å². The third-order valence-electron chi connectivity index (χ3n) is 3.52. The van der Waals surface area contributed by atoms with E-state index in [0.29, 0.717) is 10.3 Å². The Morgan fingerprint density at radius 1 is 1.48 bits per heavy atom. The third kappa shape index (κ3) is 5.84. The van der Waals surface area contributed by atoms with Crippen molar-refractivity contribution < 1.29 is 4.79 Å². The molecule has 130 valence electrons. The molecular formula is C20H22BrN3O. The monoisotopic (exact) mass is 399 g/mol. The van der Waals surface area contributed by atoms with E-state index in [-0.39, 0.29) is 11.6 Å². The van der Waals surface area contributed by atoms with Gasteiger partial charge in [0.1, 0.15) is 16.2 Å². The lowest BCUT2D eigenvalue weighted by Gasteiger charge is -2.14. The van der Waals surface area contributed by atoms with Crippen LogP contribution in [0.25, 0.3) is 6.08 Å². The smallest absolute Gasteiger partial charge is 0.262 e. The topological polar surface area (TPSA) is 65.8 Å². The van der Waals surface area contributed by atoms with Crippen LogP contribution in [0.2, 0.25) is 0 Å². The summed E-state index contributed by atoms with van der Waals surface area (Å²) in [5.74, 6) is -0.413. The molecule has 5 heteroatoms. The molecule has 0 saturated heterocycles. The Morgan fingerprint density at radius 3 is 2.80 bits per heavy atom. The number of nitrogens with one attached hydrogen (secondary N) is 1. The normalized spacial score (nSPS) is 18.2. The highest BCUT2D eigenvalue weighted by Crippen LogP contribution is 2.29. The summed E-state index contributed by atoms with van der Waals surface area (Å²) in [5, 5.41) is 12.1. The lowest BCUT2D eigenvalue weighted by Crippen LogP contribution is -2.34. The molecule has 2 rings (SSSR count). The van der Waals surface area contributed by atoms with Crippen molar-refractivity contribution >= 4 is 27.9 Å². The molecule has 1 fully saturated rings. The number of rotatable bonds is 4. The van der Waals surface area contributed by atoms with Crippen LogP contribution in [0, 0.1) is 11.3 Å². The summed E-state index contributed by atoms with van der Waals surface area (Å²) in [7, 11) is 0. The Morgan fingerprint density at radius 2 is 2.20 bits per heavy atom. The Balaban J connectivity index is 0.00000151. The van der Waals surface area contributed by atoms with Crippen molar-refractivity contribution in [3.8, 4) is 6.07 Å². The van der Waals surface area contributed by atoms with Gasteiger partial charge in [-0.3, -0.25) is 4.79 Å². The van der Waals surface area contributed by atoms with Crippen LogP contribution in [0.5, 0.6) is 0 Å². The minimum atomic E-state index is -0.413. The first-order valence-electron chi connectivity index (χ1n) is 8.11. The Bertz CT molecular complexity index is 756. The molecule has 0 bridgehead atoms. The predicted octanol–water partition coefficient (Wildman–Crippen LogP) is 4.72. The maximum Gasteiger partial charge on any atom is 0.262 e.